The largest absolute Gasteiger partial charge is 0.482 e. The molecule has 1 aliphatic rings. The number of rotatable bonds is 13. The van der Waals surface area contributed by atoms with Crippen molar-refractivity contribution in [3.05, 3.63) is 39.5 Å². The van der Waals surface area contributed by atoms with Gasteiger partial charge in [-0.15, -0.1) is 0 Å². The molecule has 9 heteroatoms. The van der Waals surface area contributed by atoms with Gasteiger partial charge in [0.1, 0.15) is 18.0 Å². The lowest BCUT2D eigenvalue weighted by Crippen LogP contribution is -2.55. The number of para-hydroxylation sites is 1. The van der Waals surface area contributed by atoms with Crippen molar-refractivity contribution in [2.24, 2.45) is 5.92 Å². The van der Waals surface area contributed by atoms with Gasteiger partial charge < -0.3 is 29.9 Å². The summed E-state index contributed by atoms with van der Waals surface area (Å²) >= 11 is 2.16. The van der Waals surface area contributed by atoms with E-state index in [1.165, 1.54) is 0 Å². The monoisotopic (exact) mass is 602 g/mol. The smallest absolute Gasteiger partial charge is 0.247 e. The molecule has 0 spiro atoms. The lowest BCUT2D eigenvalue weighted by Gasteiger charge is -2.41. The number of nitrogens with one attached hydrogen (secondary N) is 1. The number of hydrogen-bond acceptors (Lipinski definition) is 6. The summed E-state index contributed by atoms with van der Waals surface area (Å²) in [5.41, 5.74) is 0.422. The molecule has 196 valence electrons. The SMILES string of the molecule is CC(C)CC(=O)N(CCCOC(C)C)[C@@H]1CC(C(=O)NCCO)=C[C@H](Oc2ccccc2I)[C@H]1O. The van der Waals surface area contributed by atoms with Crippen molar-refractivity contribution in [2.45, 2.75) is 71.3 Å². The molecule has 0 bridgehead atoms. The van der Waals surface area contributed by atoms with Gasteiger partial charge in [-0.05, 0) is 67.0 Å². The lowest BCUT2D eigenvalue weighted by atomic mass is 9.87. The Balaban J connectivity index is 2.34. The number of halogens is 1. The van der Waals surface area contributed by atoms with E-state index in [1.807, 2.05) is 52.0 Å². The molecule has 0 unspecified atom stereocenters. The Kier molecular flexibility index (Phi) is 12.5. The topological polar surface area (TPSA) is 108 Å². The van der Waals surface area contributed by atoms with E-state index in [4.69, 9.17) is 14.6 Å². The number of ether oxygens (including phenoxy) is 2. The maximum absolute atomic E-state index is 13.3. The van der Waals surface area contributed by atoms with Crippen molar-refractivity contribution in [3.63, 3.8) is 0 Å². The molecule has 0 aliphatic heterocycles. The van der Waals surface area contributed by atoms with Crippen molar-refractivity contribution >= 4 is 34.4 Å². The van der Waals surface area contributed by atoms with Gasteiger partial charge in [0.2, 0.25) is 11.8 Å². The third-order valence-electron chi connectivity index (χ3n) is 5.61. The lowest BCUT2D eigenvalue weighted by molar-refractivity contribution is -0.139. The Bertz CT molecular complexity index is 860. The average Bonchev–Trinajstić information content (AvgIpc) is 2.79. The summed E-state index contributed by atoms with van der Waals surface area (Å²) in [6.45, 7) is 8.71. The molecule has 1 aliphatic carbocycles. The van der Waals surface area contributed by atoms with Gasteiger partial charge in [-0.1, -0.05) is 26.0 Å². The van der Waals surface area contributed by atoms with Crippen LogP contribution in [0.1, 0.15) is 47.0 Å². The van der Waals surface area contributed by atoms with Gasteiger partial charge in [0, 0.05) is 38.1 Å². The average molecular weight is 603 g/mol. The molecule has 3 atom stereocenters. The highest BCUT2D eigenvalue weighted by Gasteiger charge is 2.40. The van der Waals surface area contributed by atoms with Crippen LogP contribution in [-0.2, 0) is 14.3 Å². The molecule has 3 N–H and O–H groups in total. The van der Waals surface area contributed by atoms with Crippen LogP contribution in [0.15, 0.2) is 35.9 Å². The first-order valence-corrected chi connectivity index (χ1v) is 13.3. The van der Waals surface area contributed by atoms with E-state index in [1.54, 1.807) is 11.0 Å². The van der Waals surface area contributed by atoms with Crippen LogP contribution < -0.4 is 10.1 Å². The Morgan fingerprint density at radius 1 is 1.23 bits per heavy atom. The van der Waals surface area contributed by atoms with Gasteiger partial charge in [0.15, 0.2) is 0 Å². The summed E-state index contributed by atoms with van der Waals surface area (Å²) < 4.78 is 12.7. The quantitative estimate of drug-likeness (QED) is 0.237. The minimum Gasteiger partial charge on any atom is -0.482 e. The van der Waals surface area contributed by atoms with Crippen molar-refractivity contribution in [3.8, 4) is 5.75 Å². The molecular formula is C26H39IN2O6. The summed E-state index contributed by atoms with van der Waals surface area (Å²) in [5.74, 6) is 0.332. The summed E-state index contributed by atoms with van der Waals surface area (Å²) in [5, 5.41) is 23.2. The molecule has 8 nitrogen and oxygen atoms in total. The van der Waals surface area contributed by atoms with Gasteiger partial charge in [-0.3, -0.25) is 9.59 Å². The minimum atomic E-state index is -1.03. The molecule has 0 saturated heterocycles. The fourth-order valence-corrected chi connectivity index (χ4v) is 4.48. The summed E-state index contributed by atoms with van der Waals surface area (Å²) in [6.07, 6.45) is 1.02. The number of carbonyl (C=O) groups excluding carboxylic acids is 2. The van der Waals surface area contributed by atoms with Crippen LogP contribution in [0.3, 0.4) is 0 Å². The normalized spacial score (nSPS) is 20.0. The first kappa shape index (κ1) is 29.5. The van der Waals surface area contributed by atoms with Crippen molar-refractivity contribution in [2.75, 3.05) is 26.3 Å². The van der Waals surface area contributed by atoms with E-state index in [0.717, 1.165) is 3.57 Å². The zero-order valence-corrected chi connectivity index (χ0v) is 23.2. The maximum atomic E-state index is 13.3. The first-order valence-electron chi connectivity index (χ1n) is 12.2. The fraction of sp³-hybridized carbons (Fsp3) is 0.615. The molecule has 0 fully saturated rings. The van der Waals surface area contributed by atoms with Crippen molar-refractivity contribution in [1.82, 2.24) is 10.2 Å². The van der Waals surface area contributed by atoms with Crippen LogP contribution >= 0.6 is 22.6 Å². The molecule has 0 aromatic heterocycles. The summed E-state index contributed by atoms with van der Waals surface area (Å²) in [4.78, 5) is 27.8. The summed E-state index contributed by atoms with van der Waals surface area (Å²) in [7, 11) is 0. The Labute approximate surface area is 222 Å². The minimum absolute atomic E-state index is 0.0707. The number of nitrogens with zero attached hydrogens (tertiary/aromatic N) is 1. The Morgan fingerprint density at radius 2 is 1.94 bits per heavy atom. The molecule has 35 heavy (non-hydrogen) atoms. The van der Waals surface area contributed by atoms with Crippen LogP contribution in [0, 0.1) is 9.49 Å². The van der Waals surface area contributed by atoms with Crippen LogP contribution in [-0.4, -0.2) is 77.6 Å². The van der Waals surface area contributed by atoms with E-state index in [0.29, 0.717) is 37.3 Å². The predicted octanol–water partition coefficient (Wildman–Crippen LogP) is 2.90. The van der Waals surface area contributed by atoms with Crippen LogP contribution in [0.25, 0.3) is 0 Å². The number of amides is 2. The highest BCUT2D eigenvalue weighted by atomic mass is 127. The number of benzene rings is 1. The van der Waals surface area contributed by atoms with Crippen molar-refractivity contribution in [1.29, 1.82) is 0 Å². The molecular weight excluding hydrogens is 563 g/mol. The van der Waals surface area contributed by atoms with Gasteiger partial charge in [0.05, 0.1) is 22.3 Å². The van der Waals surface area contributed by atoms with E-state index >= 15 is 0 Å². The Morgan fingerprint density at radius 3 is 2.57 bits per heavy atom. The third kappa shape index (κ3) is 9.36. The fourth-order valence-electron chi connectivity index (χ4n) is 3.96. The third-order valence-corrected chi connectivity index (χ3v) is 6.50. The van der Waals surface area contributed by atoms with E-state index in [2.05, 4.69) is 27.9 Å². The second kappa shape index (κ2) is 14.8. The van der Waals surface area contributed by atoms with E-state index < -0.39 is 18.2 Å². The zero-order chi connectivity index (χ0) is 26.0. The molecule has 1 aromatic carbocycles. The number of aliphatic hydroxyl groups excluding tert-OH is 2. The van der Waals surface area contributed by atoms with Gasteiger partial charge in [-0.25, -0.2) is 0 Å². The maximum Gasteiger partial charge on any atom is 0.247 e. The molecule has 1 aromatic rings. The highest BCUT2D eigenvalue weighted by Crippen LogP contribution is 2.30. The second-order valence-electron chi connectivity index (χ2n) is 9.40. The standard InChI is InChI=1S/C26H39IN2O6/c1-17(2)14-24(31)29(11-7-13-34-18(3)4)21-15-19(26(33)28-10-12-30)16-23(25(21)32)35-22-9-6-5-8-20(22)27/h5-6,8-9,16-18,21,23,25,30,32H,7,10-15H2,1-4H3,(H,28,33)/t21-,23+,25+/m1/s1. The van der Waals surface area contributed by atoms with Crippen LogP contribution in [0.5, 0.6) is 5.75 Å². The highest BCUT2D eigenvalue weighted by molar-refractivity contribution is 14.1. The number of carbonyl (C=O) groups is 2. The zero-order valence-electron chi connectivity index (χ0n) is 21.1. The molecule has 0 heterocycles. The predicted molar refractivity (Wildman–Crippen MR) is 143 cm³/mol. The molecule has 2 rings (SSSR count). The number of aliphatic hydroxyl groups is 2. The van der Waals surface area contributed by atoms with Crippen LogP contribution in [0.2, 0.25) is 0 Å². The van der Waals surface area contributed by atoms with E-state index in [-0.39, 0.29) is 43.4 Å². The first-order chi connectivity index (χ1) is 16.6. The molecule has 0 radical (unpaired) electrons. The van der Waals surface area contributed by atoms with Gasteiger partial charge in [-0.2, -0.15) is 0 Å². The van der Waals surface area contributed by atoms with Gasteiger partial charge >= 0.3 is 0 Å². The second-order valence-corrected chi connectivity index (χ2v) is 10.6. The number of hydrogen-bond donors (Lipinski definition) is 3. The van der Waals surface area contributed by atoms with Crippen LogP contribution in [0.4, 0.5) is 0 Å². The van der Waals surface area contributed by atoms with E-state index in [9.17, 15) is 14.7 Å². The van der Waals surface area contributed by atoms with Gasteiger partial charge in [0.25, 0.3) is 0 Å². The molecule has 0 saturated carbocycles. The van der Waals surface area contributed by atoms with Crippen molar-refractivity contribution < 1.29 is 29.3 Å². The Hall–Kier alpha value is -1.69. The summed E-state index contributed by atoms with van der Waals surface area (Å²) in [6, 6.07) is 6.81. The molecule has 2 amide bonds.